The van der Waals surface area contributed by atoms with Crippen LogP contribution in [0.2, 0.25) is 0 Å². The van der Waals surface area contributed by atoms with E-state index in [1.807, 2.05) is 37.4 Å². The highest BCUT2D eigenvalue weighted by molar-refractivity contribution is 5.91. The Morgan fingerprint density at radius 2 is 2.10 bits per heavy atom. The third kappa shape index (κ3) is 5.58. The summed E-state index contributed by atoms with van der Waals surface area (Å²) < 4.78 is 5.32. The molecule has 1 atom stereocenters. The van der Waals surface area contributed by atoms with Crippen molar-refractivity contribution in [3.63, 3.8) is 0 Å². The van der Waals surface area contributed by atoms with Crippen molar-refractivity contribution in [3.8, 4) is 5.75 Å². The zero-order valence-electron chi connectivity index (χ0n) is 12.3. The van der Waals surface area contributed by atoms with Gasteiger partial charge in [0.15, 0.2) is 0 Å². The molecule has 2 rings (SSSR count). The molecule has 0 fully saturated rings. The van der Waals surface area contributed by atoms with Crippen molar-refractivity contribution >= 4 is 41.4 Å². The van der Waals surface area contributed by atoms with Crippen LogP contribution in [0.5, 0.6) is 5.75 Å². The van der Waals surface area contributed by atoms with Crippen molar-refractivity contribution < 1.29 is 4.74 Å². The van der Waals surface area contributed by atoms with Crippen molar-refractivity contribution in [1.82, 2.24) is 4.98 Å². The van der Waals surface area contributed by atoms with Crippen LogP contribution in [0, 0.1) is 0 Å². The van der Waals surface area contributed by atoms with Crippen LogP contribution in [0.25, 0.3) is 10.9 Å². The number of nitrogens with one attached hydrogen (secondary N) is 1. The molecule has 2 aromatic rings. The Balaban J connectivity index is 0.00000200. The minimum Gasteiger partial charge on any atom is -0.497 e. The Labute approximate surface area is 138 Å². The molecule has 0 aliphatic heterocycles. The maximum absolute atomic E-state index is 5.75. The minimum atomic E-state index is 0. The van der Waals surface area contributed by atoms with Crippen LogP contribution in [0.15, 0.2) is 30.5 Å². The smallest absolute Gasteiger partial charge is 0.121 e. The number of methoxy groups -OCH3 is 1. The van der Waals surface area contributed by atoms with E-state index in [0.717, 1.165) is 41.7 Å². The first-order valence-corrected chi connectivity index (χ1v) is 6.63. The lowest BCUT2D eigenvalue weighted by atomic mass is 10.1. The Morgan fingerprint density at radius 1 is 1.33 bits per heavy atom. The van der Waals surface area contributed by atoms with Gasteiger partial charge in [0.1, 0.15) is 5.75 Å². The van der Waals surface area contributed by atoms with Gasteiger partial charge < -0.3 is 15.8 Å². The van der Waals surface area contributed by atoms with E-state index in [1.165, 1.54) is 0 Å². The van der Waals surface area contributed by atoms with Gasteiger partial charge in [-0.25, -0.2) is 0 Å². The number of rotatable bonds is 6. The first-order valence-electron chi connectivity index (χ1n) is 6.63. The van der Waals surface area contributed by atoms with E-state index >= 15 is 0 Å². The number of nitrogens with two attached hydrogens (primary N) is 1. The van der Waals surface area contributed by atoms with Crippen molar-refractivity contribution in [2.24, 2.45) is 5.73 Å². The van der Waals surface area contributed by atoms with Gasteiger partial charge in [-0.2, -0.15) is 0 Å². The number of anilines is 1. The normalized spacial score (nSPS) is 11.2. The van der Waals surface area contributed by atoms with E-state index in [-0.39, 0.29) is 30.9 Å². The van der Waals surface area contributed by atoms with Gasteiger partial charge in [0.2, 0.25) is 0 Å². The van der Waals surface area contributed by atoms with Gasteiger partial charge in [-0.1, -0.05) is 6.07 Å². The van der Waals surface area contributed by atoms with Gasteiger partial charge >= 0.3 is 0 Å². The standard InChI is InChI=1S/C15H21N3O.2ClH/c1-11(16)5-3-7-17-14-10-13(19-2)9-12-6-4-8-18-15(12)14;;/h4,6,8-11,17H,3,5,7,16H2,1-2H3;2*1H/t11-;;/m1../s1. The van der Waals surface area contributed by atoms with E-state index in [0.29, 0.717) is 0 Å². The summed E-state index contributed by atoms with van der Waals surface area (Å²) in [5.41, 5.74) is 7.74. The largest absolute Gasteiger partial charge is 0.497 e. The predicted octanol–water partition coefficient (Wildman–Crippen LogP) is 3.63. The molecule has 21 heavy (non-hydrogen) atoms. The molecule has 0 amide bonds. The highest BCUT2D eigenvalue weighted by Gasteiger charge is 2.05. The second kappa shape index (κ2) is 9.66. The fourth-order valence-corrected chi connectivity index (χ4v) is 2.06. The average molecular weight is 332 g/mol. The van der Waals surface area contributed by atoms with Crippen LogP contribution >= 0.6 is 24.8 Å². The molecular formula is C15H23Cl2N3O. The number of hydrogen-bond acceptors (Lipinski definition) is 4. The second-order valence-electron chi connectivity index (χ2n) is 4.80. The number of benzene rings is 1. The average Bonchev–Trinajstić information content (AvgIpc) is 2.42. The molecule has 1 aromatic carbocycles. The molecule has 0 aliphatic rings. The molecule has 4 nitrogen and oxygen atoms in total. The maximum Gasteiger partial charge on any atom is 0.121 e. The summed E-state index contributed by atoms with van der Waals surface area (Å²) in [4.78, 5) is 4.43. The minimum absolute atomic E-state index is 0. The Bertz CT molecular complexity index is 549. The molecule has 0 aliphatic carbocycles. The fourth-order valence-electron chi connectivity index (χ4n) is 2.06. The van der Waals surface area contributed by atoms with Gasteiger partial charge in [-0.05, 0) is 31.9 Å². The summed E-state index contributed by atoms with van der Waals surface area (Å²) in [6.45, 7) is 2.92. The number of aromatic nitrogens is 1. The monoisotopic (exact) mass is 331 g/mol. The summed E-state index contributed by atoms with van der Waals surface area (Å²) in [5.74, 6) is 0.843. The van der Waals surface area contributed by atoms with Crippen LogP contribution in [-0.2, 0) is 0 Å². The molecule has 0 spiro atoms. The number of nitrogens with zero attached hydrogens (tertiary/aromatic N) is 1. The highest BCUT2D eigenvalue weighted by atomic mass is 35.5. The summed E-state index contributed by atoms with van der Waals surface area (Å²) in [6.07, 6.45) is 3.87. The van der Waals surface area contributed by atoms with E-state index in [1.54, 1.807) is 7.11 Å². The zero-order chi connectivity index (χ0) is 13.7. The molecule has 118 valence electrons. The van der Waals surface area contributed by atoms with Crippen LogP contribution in [-0.4, -0.2) is 24.7 Å². The number of pyridine rings is 1. The molecule has 1 aromatic heterocycles. The number of halogens is 2. The van der Waals surface area contributed by atoms with Crippen LogP contribution in [0.1, 0.15) is 19.8 Å². The molecule has 0 saturated heterocycles. The summed E-state index contributed by atoms with van der Waals surface area (Å²) in [7, 11) is 1.68. The second-order valence-corrected chi connectivity index (χ2v) is 4.80. The fraction of sp³-hybridized carbons (Fsp3) is 0.400. The Kier molecular flexibility index (Phi) is 9.09. The van der Waals surface area contributed by atoms with Crippen molar-refractivity contribution in [1.29, 1.82) is 0 Å². The van der Waals surface area contributed by atoms with Gasteiger partial charge in [0.25, 0.3) is 0 Å². The van der Waals surface area contributed by atoms with Crippen LogP contribution < -0.4 is 15.8 Å². The molecule has 1 heterocycles. The summed E-state index contributed by atoms with van der Waals surface area (Å²) in [5, 5.41) is 4.50. The third-order valence-electron chi connectivity index (χ3n) is 3.07. The topological polar surface area (TPSA) is 60.2 Å². The quantitative estimate of drug-likeness (QED) is 0.793. The number of ether oxygens (including phenoxy) is 1. The SMILES string of the molecule is COc1cc(NCCC[C@@H](C)N)c2ncccc2c1.Cl.Cl. The van der Waals surface area contributed by atoms with Crippen LogP contribution in [0.4, 0.5) is 5.69 Å². The first-order chi connectivity index (χ1) is 9.20. The molecule has 6 heteroatoms. The van der Waals surface area contributed by atoms with Gasteiger partial charge in [-0.15, -0.1) is 24.8 Å². The third-order valence-corrected chi connectivity index (χ3v) is 3.07. The van der Waals surface area contributed by atoms with E-state index in [9.17, 15) is 0 Å². The molecular weight excluding hydrogens is 309 g/mol. The molecule has 3 N–H and O–H groups in total. The molecule has 0 unspecified atom stereocenters. The first kappa shape index (κ1) is 19.8. The number of fused-ring (bicyclic) bond motifs is 1. The lowest BCUT2D eigenvalue weighted by molar-refractivity contribution is 0.415. The van der Waals surface area contributed by atoms with Gasteiger partial charge in [-0.3, -0.25) is 4.98 Å². The van der Waals surface area contributed by atoms with Crippen molar-refractivity contribution in [2.75, 3.05) is 19.0 Å². The van der Waals surface area contributed by atoms with E-state index in [2.05, 4.69) is 10.3 Å². The van der Waals surface area contributed by atoms with Gasteiger partial charge in [0, 0.05) is 30.2 Å². The lowest BCUT2D eigenvalue weighted by Crippen LogP contribution is -2.16. The van der Waals surface area contributed by atoms with Crippen molar-refractivity contribution in [3.05, 3.63) is 30.5 Å². The summed E-state index contributed by atoms with van der Waals surface area (Å²) >= 11 is 0. The Hall–Kier alpha value is -1.23. The Morgan fingerprint density at radius 3 is 2.76 bits per heavy atom. The summed E-state index contributed by atoms with van der Waals surface area (Å²) in [6, 6.07) is 8.21. The molecule has 0 radical (unpaired) electrons. The van der Waals surface area contributed by atoms with E-state index in [4.69, 9.17) is 10.5 Å². The number of hydrogen-bond donors (Lipinski definition) is 2. The predicted molar refractivity (Wildman–Crippen MR) is 94.2 cm³/mol. The van der Waals surface area contributed by atoms with Crippen molar-refractivity contribution in [2.45, 2.75) is 25.8 Å². The molecule has 0 bridgehead atoms. The van der Waals surface area contributed by atoms with E-state index < -0.39 is 0 Å². The highest BCUT2D eigenvalue weighted by Crippen LogP contribution is 2.27. The molecule has 0 saturated carbocycles. The lowest BCUT2D eigenvalue weighted by Gasteiger charge is -2.12. The zero-order valence-corrected chi connectivity index (χ0v) is 14.0. The van der Waals surface area contributed by atoms with Gasteiger partial charge in [0.05, 0.1) is 18.3 Å². The van der Waals surface area contributed by atoms with Crippen LogP contribution in [0.3, 0.4) is 0 Å². The maximum atomic E-state index is 5.75.